The normalized spacial score (nSPS) is 19.4. The number of nitrogens with one attached hydrogen (secondary N) is 1. The van der Waals surface area contributed by atoms with Gasteiger partial charge in [0.05, 0.1) is 6.04 Å². The minimum absolute atomic E-state index is 0.0301. The van der Waals surface area contributed by atoms with Crippen molar-refractivity contribution in [3.05, 3.63) is 29.8 Å². The van der Waals surface area contributed by atoms with Crippen molar-refractivity contribution < 1.29 is 4.79 Å². The maximum Gasteiger partial charge on any atom is 0.242 e. The Labute approximate surface area is 101 Å². The Balaban J connectivity index is 2.05. The fourth-order valence-corrected chi connectivity index (χ4v) is 2.03. The second-order valence-corrected chi connectivity index (χ2v) is 4.31. The van der Waals surface area contributed by atoms with Gasteiger partial charge in [0.25, 0.3) is 0 Å². The number of hydrogen-bond donors (Lipinski definition) is 3. The SMILES string of the molecule is CN(C(=O)[C@@H](N)CN)C1Cc2ccccc2N1. The monoisotopic (exact) mass is 234 g/mol. The summed E-state index contributed by atoms with van der Waals surface area (Å²) in [6.07, 6.45) is 0.771. The zero-order valence-corrected chi connectivity index (χ0v) is 9.89. The van der Waals surface area contributed by atoms with Crippen LogP contribution in [-0.4, -0.2) is 36.6 Å². The summed E-state index contributed by atoms with van der Waals surface area (Å²) in [6.45, 7) is 0.169. The van der Waals surface area contributed by atoms with E-state index in [0.29, 0.717) is 0 Å². The predicted molar refractivity (Wildman–Crippen MR) is 67.4 cm³/mol. The van der Waals surface area contributed by atoms with E-state index in [1.165, 1.54) is 5.56 Å². The van der Waals surface area contributed by atoms with Gasteiger partial charge in [-0.25, -0.2) is 0 Å². The number of rotatable bonds is 3. The zero-order valence-electron chi connectivity index (χ0n) is 9.89. The molecule has 92 valence electrons. The molecule has 1 heterocycles. The molecule has 5 nitrogen and oxygen atoms in total. The summed E-state index contributed by atoms with van der Waals surface area (Å²) in [5.74, 6) is -0.127. The summed E-state index contributed by atoms with van der Waals surface area (Å²) < 4.78 is 0. The number of para-hydroxylation sites is 1. The predicted octanol–water partition coefficient (Wildman–Crippen LogP) is -0.275. The summed E-state index contributed by atoms with van der Waals surface area (Å²) >= 11 is 0. The van der Waals surface area contributed by atoms with E-state index in [0.717, 1.165) is 12.1 Å². The molecular weight excluding hydrogens is 216 g/mol. The quantitative estimate of drug-likeness (QED) is 0.672. The van der Waals surface area contributed by atoms with Gasteiger partial charge in [0.1, 0.15) is 6.17 Å². The maximum atomic E-state index is 11.9. The molecule has 0 saturated carbocycles. The molecule has 1 unspecified atom stereocenters. The van der Waals surface area contributed by atoms with Gasteiger partial charge in [-0.2, -0.15) is 0 Å². The number of benzene rings is 1. The van der Waals surface area contributed by atoms with E-state index in [-0.39, 0.29) is 18.6 Å². The van der Waals surface area contributed by atoms with E-state index in [9.17, 15) is 4.79 Å². The molecule has 2 atom stereocenters. The lowest BCUT2D eigenvalue weighted by Gasteiger charge is -2.27. The van der Waals surface area contributed by atoms with Crippen LogP contribution in [0.5, 0.6) is 0 Å². The number of amides is 1. The van der Waals surface area contributed by atoms with Gasteiger partial charge in [0, 0.05) is 25.7 Å². The molecule has 0 fully saturated rings. The van der Waals surface area contributed by atoms with Crippen molar-refractivity contribution >= 4 is 11.6 Å². The number of hydrogen-bond acceptors (Lipinski definition) is 4. The number of likely N-dealkylation sites (N-methyl/N-ethyl adjacent to an activating group) is 1. The van der Waals surface area contributed by atoms with Crippen LogP contribution in [0.4, 0.5) is 5.69 Å². The molecule has 5 heteroatoms. The lowest BCUT2D eigenvalue weighted by atomic mass is 10.1. The van der Waals surface area contributed by atoms with Crippen molar-refractivity contribution in [1.29, 1.82) is 0 Å². The highest BCUT2D eigenvalue weighted by atomic mass is 16.2. The molecule has 1 aliphatic heterocycles. The Kier molecular flexibility index (Phi) is 3.31. The molecule has 17 heavy (non-hydrogen) atoms. The van der Waals surface area contributed by atoms with Gasteiger partial charge < -0.3 is 21.7 Å². The molecule has 5 N–H and O–H groups in total. The second kappa shape index (κ2) is 4.73. The highest BCUT2D eigenvalue weighted by molar-refractivity contribution is 5.82. The molecule has 2 rings (SSSR count). The zero-order chi connectivity index (χ0) is 12.4. The molecule has 1 aliphatic rings. The fourth-order valence-electron chi connectivity index (χ4n) is 2.03. The molecule has 0 aliphatic carbocycles. The topological polar surface area (TPSA) is 84.4 Å². The molecule has 0 aromatic heterocycles. The largest absolute Gasteiger partial charge is 0.365 e. The number of carbonyl (C=O) groups is 1. The van der Waals surface area contributed by atoms with Crippen LogP contribution in [0.3, 0.4) is 0 Å². The van der Waals surface area contributed by atoms with E-state index in [1.54, 1.807) is 11.9 Å². The first-order valence-corrected chi connectivity index (χ1v) is 5.70. The van der Waals surface area contributed by atoms with Crippen molar-refractivity contribution in [3.8, 4) is 0 Å². The molecule has 0 spiro atoms. The minimum atomic E-state index is -0.620. The standard InChI is InChI=1S/C12H18N4O/c1-16(12(17)9(14)7-13)11-6-8-4-2-3-5-10(8)15-11/h2-5,9,11,15H,6-7,13-14H2,1H3/t9-,11?/m0/s1. The number of nitrogens with two attached hydrogens (primary N) is 2. The van der Waals surface area contributed by atoms with Gasteiger partial charge in [-0.15, -0.1) is 0 Å². The van der Waals surface area contributed by atoms with Gasteiger partial charge in [-0.3, -0.25) is 4.79 Å². The summed E-state index contributed by atoms with van der Waals surface area (Å²) in [5, 5.41) is 3.30. The average molecular weight is 234 g/mol. The van der Waals surface area contributed by atoms with Gasteiger partial charge >= 0.3 is 0 Å². The van der Waals surface area contributed by atoms with E-state index in [4.69, 9.17) is 11.5 Å². The van der Waals surface area contributed by atoms with E-state index < -0.39 is 6.04 Å². The van der Waals surface area contributed by atoms with Crippen molar-refractivity contribution in [2.45, 2.75) is 18.6 Å². The number of anilines is 1. The van der Waals surface area contributed by atoms with Gasteiger partial charge in [0.15, 0.2) is 0 Å². The van der Waals surface area contributed by atoms with Crippen molar-refractivity contribution in [3.63, 3.8) is 0 Å². The lowest BCUT2D eigenvalue weighted by Crippen LogP contribution is -2.51. The van der Waals surface area contributed by atoms with Crippen LogP contribution in [-0.2, 0) is 11.2 Å². The molecular formula is C12H18N4O. The van der Waals surface area contributed by atoms with Gasteiger partial charge in [0.2, 0.25) is 5.91 Å². The Hall–Kier alpha value is -1.59. The second-order valence-electron chi connectivity index (χ2n) is 4.31. The first-order valence-electron chi connectivity index (χ1n) is 5.70. The summed E-state index contributed by atoms with van der Waals surface area (Å²) in [6, 6.07) is 7.42. The Morgan fingerprint density at radius 1 is 1.59 bits per heavy atom. The van der Waals surface area contributed by atoms with Crippen LogP contribution >= 0.6 is 0 Å². The molecule has 0 saturated heterocycles. The van der Waals surface area contributed by atoms with Crippen LogP contribution in [0.15, 0.2) is 24.3 Å². The molecule has 1 amide bonds. The Bertz CT molecular complexity index is 396. The molecule has 0 bridgehead atoms. The van der Waals surface area contributed by atoms with Crippen LogP contribution < -0.4 is 16.8 Å². The highest BCUT2D eigenvalue weighted by Gasteiger charge is 2.28. The van der Waals surface area contributed by atoms with Crippen LogP contribution in [0.1, 0.15) is 5.56 Å². The van der Waals surface area contributed by atoms with Crippen LogP contribution in [0, 0.1) is 0 Å². The van der Waals surface area contributed by atoms with Crippen molar-refractivity contribution in [2.75, 3.05) is 18.9 Å². The molecule has 0 radical (unpaired) electrons. The molecule has 1 aromatic carbocycles. The van der Waals surface area contributed by atoms with E-state index in [2.05, 4.69) is 11.4 Å². The van der Waals surface area contributed by atoms with Gasteiger partial charge in [-0.05, 0) is 11.6 Å². The highest BCUT2D eigenvalue weighted by Crippen LogP contribution is 2.26. The number of nitrogens with zero attached hydrogens (tertiary/aromatic N) is 1. The smallest absolute Gasteiger partial charge is 0.242 e. The van der Waals surface area contributed by atoms with Crippen molar-refractivity contribution in [1.82, 2.24) is 4.90 Å². The summed E-state index contributed by atoms with van der Waals surface area (Å²) in [7, 11) is 1.75. The average Bonchev–Trinajstić information content (AvgIpc) is 2.79. The lowest BCUT2D eigenvalue weighted by molar-refractivity contribution is -0.132. The number of carbonyl (C=O) groups excluding carboxylic acids is 1. The van der Waals surface area contributed by atoms with Crippen LogP contribution in [0.25, 0.3) is 0 Å². The first kappa shape index (κ1) is 11.9. The number of fused-ring (bicyclic) bond motifs is 1. The van der Waals surface area contributed by atoms with E-state index >= 15 is 0 Å². The Morgan fingerprint density at radius 2 is 2.29 bits per heavy atom. The van der Waals surface area contributed by atoms with Gasteiger partial charge in [-0.1, -0.05) is 18.2 Å². The third-order valence-electron chi connectivity index (χ3n) is 3.14. The first-order chi connectivity index (χ1) is 8.13. The fraction of sp³-hybridized carbons (Fsp3) is 0.417. The summed E-state index contributed by atoms with van der Waals surface area (Å²) in [5.41, 5.74) is 13.3. The van der Waals surface area contributed by atoms with Crippen LogP contribution in [0.2, 0.25) is 0 Å². The molecule has 1 aromatic rings. The van der Waals surface area contributed by atoms with Crippen molar-refractivity contribution in [2.24, 2.45) is 11.5 Å². The van der Waals surface area contributed by atoms with E-state index in [1.807, 2.05) is 18.2 Å². The third-order valence-corrected chi connectivity index (χ3v) is 3.14. The Morgan fingerprint density at radius 3 is 2.94 bits per heavy atom. The minimum Gasteiger partial charge on any atom is -0.365 e. The maximum absolute atomic E-state index is 11.9. The summed E-state index contributed by atoms with van der Waals surface area (Å²) in [4.78, 5) is 13.5. The third kappa shape index (κ3) is 2.25.